The van der Waals surface area contributed by atoms with E-state index < -0.39 is 0 Å². The fraction of sp³-hybridized carbons (Fsp3) is 0.188. The molecule has 0 radical (unpaired) electrons. The second-order valence-electron chi connectivity index (χ2n) is 5.02. The summed E-state index contributed by atoms with van der Waals surface area (Å²) in [5.41, 5.74) is 9.84. The average Bonchev–Trinajstić information content (AvgIpc) is 2.80. The maximum atomic E-state index is 13.4. The molecular formula is C16H16FN3O. The van der Waals surface area contributed by atoms with E-state index in [0.717, 1.165) is 16.6 Å². The Balaban J connectivity index is 2.24. The number of aliphatic hydroxyl groups excluding tert-OH is 1. The molecule has 21 heavy (non-hydrogen) atoms. The second-order valence-corrected chi connectivity index (χ2v) is 5.02. The monoisotopic (exact) mass is 285 g/mol. The molecule has 0 amide bonds. The largest absolute Gasteiger partial charge is 0.398 e. The molecule has 0 bridgehead atoms. The molecule has 0 unspecified atom stereocenters. The van der Waals surface area contributed by atoms with E-state index >= 15 is 0 Å². The molecule has 0 aliphatic heterocycles. The van der Waals surface area contributed by atoms with Crippen LogP contribution < -0.4 is 5.73 Å². The lowest BCUT2D eigenvalue weighted by Gasteiger charge is -2.09. The molecule has 1 heterocycles. The lowest BCUT2D eigenvalue weighted by molar-refractivity contribution is 0.278. The van der Waals surface area contributed by atoms with Crippen molar-refractivity contribution in [2.45, 2.75) is 13.5 Å². The molecule has 0 fully saturated rings. The molecule has 0 saturated heterocycles. The summed E-state index contributed by atoms with van der Waals surface area (Å²) in [6, 6.07) is 10.2. The van der Waals surface area contributed by atoms with Gasteiger partial charge in [0.25, 0.3) is 0 Å². The first-order valence-corrected chi connectivity index (χ1v) is 6.73. The van der Waals surface area contributed by atoms with Crippen LogP contribution in [0, 0.1) is 12.7 Å². The van der Waals surface area contributed by atoms with Gasteiger partial charge in [-0.2, -0.15) is 0 Å². The van der Waals surface area contributed by atoms with Gasteiger partial charge in [0.1, 0.15) is 11.6 Å². The number of nitrogens with zero attached hydrogens (tertiary/aromatic N) is 2. The van der Waals surface area contributed by atoms with Crippen molar-refractivity contribution in [2.24, 2.45) is 0 Å². The first-order chi connectivity index (χ1) is 10.1. The number of nitrogens with two attached hydrogens (primary N) is 1. The van der Waals surface area contributed by atoms with Crippen molar-refractivity contribution in [3.05, 3.63) is 47.8 Å². The number of rotatable bonds is 3. The zero-order valence-electron chi connectivity index (χ0n) is 11.7. The van der Waals surface area contributed by atoms with Gasteiger partial charge < -0.3 is 15.4 Å². The fourth-order valence-corrected chi connectivity index (χ4v) is 2.43. The Morgan fingerprint density at radius 2 is 2.05 bits per heavy atom. The molecule has 0 aliphatic carbocycles. The van der Waals surface area contributed by atoms with E-state index in [2.05, 4.69) is 4.98 Å². The van der Waals surface area contributed by atoms with Crippen LogP contribution in [0.5, 0.6) is 0 Å². The van der Waals surface area contributed by atoms with Crippen molar-refractivity contribution in [3.63, 3.8) is 0 Å². The van der Waals surface area contributed by atoms with E-state index in [0.29, 0.717) is 23.6 Å². The first kappa shape index (κ1) is 13.6. The quantitative estimate of drug-likeness (QED) is 0.727. The van der Waals surface area contributed by atoms with E-state index in [1.165, 1.54) is 12.1 Å². The average molecular weight is 285 g/mol. The van der Waals surface area contributed by atoms with Crippen molar-refractivity contribution in [1.82, 2.24) is 9.55 Å². The topological polar surface area (TPSA) is 64.1 Å². The molecule has 0 atom stereocenters. The number of hydrogen-bond acceptors (Lipinski definition) is 3. The summed E-state index contributed by atoms with van der Waals surface area (Å²) in [7, 11) is 0. The summed E-state index contributed by atoms with van der Waals surface area (Å²) in [5.74, 6) is 0.350. The van der Waals surface area contributed by atoms with Crippen LogP contribution in [0.25, 0.3) is 22.4 Å². The first-order valence-electron chi connectivity index (χ1n) is 6.73. The van der Waals surface area contributed by atoms with Gasteiger partial charge in [0.15, 0.2) is 0 Å². The van der Waals surface area contributed by atoms with E-state index in [1.54, 1.807) is 6.07 Å². The number of hydrogen-bond donors (Lipinski definition) is 2. The number of nitrogen functional groups attached to an aromatic ring is 1. The van der Waals surface area contributed by atoms with Gasteiger partial charge in [-0.15, -0.1) is 0 Å². The third kappa shape index (κ3) is 2.36. The predicted octanol–water partition coefficient (Wildman–Crippen LogP) is 2.73. The molecule has 5 heteroatoms. The van der Waals surface area contributed by atoms with Gasteiger partial charge in [-0.05, 0) is 30.7 Å². The van der Waals surface area contributed by atoms with E-state index in [4.69, 9.17) is 5.73 Å². The third-order valence-electron chi connectivity index (χ3n) is 3.57. The second kappa shape index (κ2) is 5.18. The van der Waals surface area contributed by atoms with Crippen molar-refractivity contribution < 1.29 is 9.50 Å². The number of aryl methyl sites for hydroxylation is 1. The number of fused-ring (bicyclic) bond motifs is 1. The number of halogens is 1. The molecular weight excluding hydrogens is 269 g/mol. The van der Waals surface area contributed by atoms with Crippen molar-refractivity contribution in [1.29, 1.82) is 0 Å². The molecule has 3 N–H and O–H groups in total. The minimum Gasteiger partial charge on any atom is -0.398 e. The Morgan fingerprint density at radius 1 is 1.24 bits per heavy atom. The number of imidazole rings is 1. The molecule has 0 spiro atoms. The normalized spacial score (nSPS) is 11.2. The van der Waals surface area contributed by atoms with Crippen LogP contribution >= 0.6 is 0 Å². The maximum Gasteiger partial charge on any atom is 0.141 e. The van der Waals surface area contributed by atoms with Gasteiger partial charge in [-0.1, -0.05) is 12.1 Å². The molecule has 108 valence electrons. The molecule has 0 aliphatic rings. The lowest BCUT2D eigenvalue weighted by Crippen LogP contribution is -2.04. The van der Waals surface area contributed by atoms with Gasteiger partial charge in [-0.3, -0.25) is 0 Å². The van der Waals surface area contributed by atoms with Gasteiger partial charge in [-0.25, -0.2) is 9.37 Å². The van der Waals surface area contributed by atoms with Crippen LogP contribution in [-0.4, -0.2) is 21.3 Å². The summed E-state index contributed by atoms with van der Waals surface area (Å²) in [5, 5.41) is 9.27. The Bertz CT molecular complexity index is 811. The van der Waals surface area contributed by atoms with Crippen molar-refractivity contribution in [3.8, 4) is 11.4 Å². The zero-order valence-corrected chi connectivity index (χ0v) is 11.7. The van der Waals surface area contributed by atoms with Gasteiger partial charge in [0, 0.05) is 23.9 Å². The highest BCUT2D eigenvalue weighted by molar-refractivity contribution is 5.81. The van der Waals surface area contributed by atoms with Gasteiger partial charge in [0.2, 0.25) is 0 Å². The maximum absolute atomic E-state index is 13.4. The van der Waals surface area contributed by atoms with Crippen LogP contribution in [0.3, 0.4) is 0 Å². The Morgan fingerprint density at radius 3 is 2.76 bits per heavy atom. The number of benzene rings is 2. The number of aromatic nitrogens is 2. The predicted molar refractivity (Wildman–Crippen MR) is 81.4 cm³/mol. The zero-order chi connectivity index (χ0) is 15.0. The van der Waals surface area contributed by atoms with Crippen LogP contribution in [-0.2, 0) is 6.54 Å². The highest BCUT2D eigenvalue weighted by Crippen LogP contribution is 2.27. The molecule has 3 aromatic rings. The Hall–Kier alpha value is -2.40. The molecule has 2 aromatic carbocycles. The summed E-state index contributed by atoms with van der Waals surface area (Å²) in [6.07, 6.45) is 0. The summed E-state index contributed by atoms with van der Waals surface area (Å²) < 4.78 is 15.2. The summed E-state index contributed by atoms with van der Waals surface area (Å²) >= 11 is 0. The lowest BCUT2D eigenvalue weighted by atomic mass is 10.1. The highest BCUT2D eigenvalue weighted by Gasteiger charge is 2.13. The van der Waals surface area contributed by atoms with Crippen LogP contribution in [0.15, 0.2) is 36.4 Å². The van der Waals surface area contributed by atoms with Crippen molar-refractivity contribution >= 4 is 16.7 Å². The van der Waals surface area contributed by atoms with Crippen LogP contribution in [0.4, 0.5) is 10.1 Å². The SMILES string of the molecule is Cc1ccc(-c2nc3cc(F)ccc3n2CCO)cc1N. The highest BCUT2D eigenvalue weighted by atomic mass is 19.1. The molecule has 4 nitrogen and oxygen atoms in total. The smallest absolute Gasteiger partial charge is 0.141 e. The standard InChI is InChI=1S/C16H16FN3O/c1-10-2-3-11(8-13(10)18)16-19-14-9-12(17)4-5-15(14)20(16)6-7-21/h2-5,8-9,21H,6-7,18H2,1H3. The van der Waals surface area contributed by atoms with E-state index in [9.17, 15) is 9.50 Å². The van der Waals surface area contributed by atoms with Crippen LogP contribution in [0.1, 0.15) is 5.56 Å². The molecule has 3 rings (SSSR count). The molecule has 0 saturated carbocycles. The number of aliphatic hydroxyl groups is 1. The Kier molecular flexibility index (Phi) is 3.35. The third-order valence-corrected chi connectivity index (χ3v) is 3.57. The van der Waals surface area contributed by atoms with E-state index in [-0.39, 0.29) is 12.4 Å². The summed E-state index contributed by atoms with van der Waals surface area (Å²) in [4.78, 5) is 4.49. The Labute approximate surface area is 121 Å². The van der Waals surface area contributed by atoms with Gasteiger partial charge >= 0.3 is 0 Å². The minimum absolute atomic E-state index is 0.0167. The summed E-state index contributed by atoms with van der Waals surface area (Å²) in [6.45, 7) is 2.31. The minimum atomic E-state index is -0.328. The fourth-order valence-electron chi connectivity index (χ4n) is 2.43. The number of anilines is 1. The van der Waals surface area contributed by atoms with Gasteiger partial charge in [0.05, 0.1) is 17.6 Å². The van der Waals surface area contributed by atoms with Crippen LogP contribution in [0.2, 0.25) is 0 Å². The van der Waals surface area contributed by atoms with Crippen molar-refractivity contribution in [2.75, 3.05) is 12.3 Å². The van der Waals surface area contributed by atoms with E-state index in [1.807, 2.05) is 29.7 Å². The molecule has 1 aromatic heterocycles.